The first-order valence-electron chi connectivity index (χ1n) is 10.8. The van der Waals surface area contributed by atoms with E-state index in [-0.39, 0.29) is 0 Å². The highest BCUT2D eigenvalue weighted by atomic mass is 28.3. The van der Waals surface area contributed by atoms with Gasteiger partial charge in [-0.05, 0) is 29.8 Å². The molecule has 0 saturated carbocycles. The average molecular weight is 403 g/mol. The molecule has 0 radical (unpaired) electrons. The third-order valence-electron chi connectivity index (χ3n) is 6.18. The fraction of sp³-hybridized carbons (Fsp3) is 1.00. The molecule has 0 spiro atoms. The minimum Gasteiger partial charge on any atom is -0.397 e. The second-order valence-electron chi connectivity index (χ2n) is 9.61. The molecule has 0 N–H and O–H groups in total. The normalized spacial score (nSPS) is 19.3. The molecule has 1 aliphatic rings. The smallest absolute Gasteiger partial charge is 0.321 e. The van der Waals surface area contributed by atoms with Gasteiger partial charge in [-0.25, -0.2) is 0 Å². The van der Waals surface area contributed by atoms with E-state index in [1.807, 2.05) is 0 Å². The number of hydrogen-bond acceptors (Lipinski definition) is 4. The summed E-state index contributed by atoms with van der Waals surface area (Å²) in [5.74, 6) is 0.666. The Bertz CT molecular complexity index is 372. The summed E-state index contributed by atoms with van der Waals surface area (Å²) in [4.78, 5) is 2.67. The standard InChI is InChI=1S/C20H46N2O2Si2/c1-9-15-23-25(24-16-10-2)18-19(3)17-21-11-13-22(14-12-21)26(7,8)20(4,5)6/h19,25H,9-18H2,1-8H3. The van der Waals surface area contributed by atoms with E-state index in [0.29, 0.717) is 11.0 Å². The van der Waals surface area contributed by atoms with Gasteiger partial charge in [0, 0.05) is 45.9 Å². The summed E-state index contributed by atoms with van der Waals surface area (Å²) in [6.45, 7) is 26.9. The van der Waals surface area contributed by atoms with Gasteiger partial charge in [-0.3, -0.25) is 0 Å². The maximum absolute atomic E-state index is 6.05. The van der Waals surface area contributed by atoms with Gasteiger partial charge in [0.2, 0.25) is 0 Å². The number of piperazine rings is 1. The van der Waals surface area contributed by atoms with Crippen molar-refractivity contribution in [3.63, 3.8) is 0 Å². The van der Waals surface area contributed by atoms with Crippen LogP contribution >= 0.6 is 0 Å². The van der Waals surface area contributed by atoms with E-state index >= 15 is 0 Å². The summed E-state index contributed by atoms with van der Waals surface area (Å²) in [6.07, 6.45) is 2.17. The molecule has 0 amide bonds. The van der Waals surface area contributed by atoms with Crippen LogP contribution in [-0.4, -0.2) is 72.9 Å². The zero-order valence-electron chi connectivity index (χ0n) is 18.9. The maximum atomic E-state index is 6.05. The molecule has 1 rings (SSSR count). The van der Waals surface area contributed by atoms with Crippen LogP contribution in [0, 0.1) is 5.92 Å². The van der Waals surface area contributed by atoms with Gasteiger partial charge in [-0.2, -0.15) is 0 Å². The molecular formula is C20H46N2O2Si2. The van der Waals surface area contributed by atoms with Crippen molar-refractivity contribution >= 4 is 17.5 Å². The van der Waals surface area contributed by atoms with Crippen LogP contribution in [0.25, 0.3) is 0 Å². The molecule has 0 aromatic rings. The molecule has 0 aromatic carbocycles. The van der Waals surface area contributed by atoms with Gasteiger partial charge in [0.1, 0.15) is 8.24 Å². The molecule has 1 fully saturated rings. The lowest BCUT2D eigenvalue weighted by atomic mass is 10.2. The monoisotopic (exact) mass is 402 g/mol. The lowest BCUT2D eigenvalue weighted by molar-refractivity contribution is 0.155. The van der Waals surface area contributed by atoms with Crippen molar-refractivity contribution in [1.29, 1.82) is 0 Å². The molecule has 1 unspecified atom stereocenters. The highest BCUT2D eigenvalue weighted by Gasteiger charge is 2.41. The van der Waals surface area contributed by atoms with Crippen LogP contribution < -0.4 is 0 Å². The summed E-state index contributed by atoms with van der Waals surface area (Å²) in [5.41, 5.74) is 0. The molecule has 26 heavy (non-hydrogen) atoms. The van der Waals surface area contributed by atoms with E-state index in [4.69, 9.17) is 8.85 Å². The summed E-state index contributed by atoms with van der Waals surface area (Å²) in [7, 11) is -2.85. The topological polar surface area (TPSA) is 24.9 Å². The summed E-state index contributed by atoms with van der Waals surface area (Å²) in [5, 5.41) is 0.439. The summed E-state index contributed by atoms with van der Waals surface area (Å²) in [6, 6.07) is 1.14. The highest BCUT2D eigenvalue weighted by Crippen LogP contribution is 2.38. The number of rotatable bonds is 11. The van der Waals surface area contributed by atoms with Crippen molar-refractivity contribution in [2.24, 2.45) is 5.92 Å². The Morgan fingerprint density at radius 3 is 1.88 bits per heavy atom. The first kappa shape index (κ1) is 24.3. The lowest BCUT2D eigenvalue weighted by Gasteiger charge is -2.49. The van der Waals surface area contributed by atoms with Crippen LogP contribution in [0.5, 0.6) is 0 Å². The molecular weight excluding hydrogens is 356 g/mol. The molecule has 6 heteroatoms. The van der Waals surface area contributed by atoms with Crippen molar-refractivity contribution in [2.45, 2.75) is 78.6 Å². The van der Waals surface area contributed by atoms with Gasteiger partial charge in [-0.1, -0.05) is 54.6 Å². The number of hydrogen-bond donors (Lipinski definition) is 0. The third-order valence-corrected chi connectivity index (χ3v) is 14.3. The molecule has 0 bridgehead atoms. The van der Waals surface area contributed by atoms with Gasteiger partial charge < -0.3 is 18.3 Å². The van der Waals surface area contributed by atoms with Crippen LogP contribution in [0.2, 0.25) is 24.2 Å². The maximum Gasteiger partial charge on any atom is 0.321 e. The van der Waals surface area contributed by atoms with E-state index in [1.54, 1.807) is 0 Å². The van der Waals surface area contributed by atoms with E-state index in [9.17, 15) is 0 Å². The number of nitrogens with zero attached hydrogens (tertiary/aromatic N) is 2. The molecule has 0 aromatic heterocycles. The Labute approximate surface area is 166 Å². The SMILES string of the molecule is CCCO[SiH](CC(C)CN1CCN([Si](C)(C)C(C)(C)C)CC1)OCCC. The average Bonchev–Trinajstić information content (AvgIpc) is 2.56. The first-order valence-corrected chi connectivity index (χ1v) is 15.5. The minimum atomic E-state index is -1.49. The van der Waals surface area contributed by atoms with Gasteiger partial charge in [0.25, 0.3) is 0 Å². The Kier molecular flexibility index (Phi) is 10.6. The molecule has 156 valence electrons. The Morgan fingerprint density at radius 1 is 0.962 bits per heavy atom. The van der Waals surface area contributed by atoms with Gasteiger partial charge in [0.05, 0.1) is 0 Å². The molecule has 1 heterocycles. The van der Waals surface area contributed by atoms with Crippen molar-refractivity contribution in [1.82, 2.24) is 9.47 Å². The van der Waals surface area contributed by atoms with Crippen LogP contribution in [0.4, 0.5) is 0 Å². The summed E-state index contributed by atoms with van der Waals surface area (Å²) >= 11 is 0. The van der Waals surface area contributed by atoms with Crippen LogP contribution in [-0.2, 0) is 8.85 Å². The fourth-order valence-corrected chi connectivity index (χ4v) is 7.93. The summed E-state index contributed by atoms with van der Waals surface area (Å²) < 4.78 is 14.9. The molecule has 4 nitrogen and oxygen atoms in total. The fourth-order valence-electron chi connectivity index (χ4n) is 3.49. The van der Waals surface area contributed by atoms with Crippen molar-refractivity contribution in [3.8, 4) is 0 Å². The molecule has 1 aliphatic heterocycles. The Morgan fingerprint density at radius 2 is 1.46 bits per heavy atom. The Balaban J connectivity index is 2.43. The van der Waals surface area contributed by atoms with Gasteiger partial charge in [-0.15, -0.1) is 0 Å². The van der Waals surface area contributed by atoms with E-state index in [0.717, 1.165) is 32.1 Å². The van der Waals surface area contributed by atoms with Crippen LogP contribution in [0.15, 0.2) is 0 Å². The van der Waals surface area contributed by atoms with Gasteiger partial charge in [0.15, 0.2) is 0 Å². The second kappa shape index (κ2) is 11.3. The van der Waals surface area contributed by atoms with Crippen LogP contribution in [0.1, 0.15) is 54.4 Å². The lowest BCUT2D eigenvalue weighted by Crippen LogP contribution is -2.61. The largest absolute Gasteiger partial charge is 0.397 e. The van der Waals surface area contributed by atoms with Crippen LogP contribution in [0.3, 0.4) is 0 Å². The molecule has 1 atom stereocenters. The first-order chi connectivity index (χ1) is 12.1. The van der Waals surface area contributed by atoms with Gasteiger partial charge >= 0.3 is 9.28 Å². The van der Waals surface area contributed by atoms with E-state index in [2.05, 4.69) is 64.1 Å². The highest BCUT2D eigenvalue weighted by molar-refractivity contribution is 6.77. The zero-order chi connectivity index (χ0) is 19.8. The van der Waals surface area contributed by atoms with E-state index in [1.165, 1.54) is 32.7 Å². The Hall–Kier alpha value is 0.274. The molecule has 1 saturated heterocycles. The minimum absolute atomic E-state index is 0.439. The molecule has 0 aliphatic carbocycles. The second-order valence-corrected chi connectivity index (χ2v) is 16.9. The predicted octanol–water partition coefficient (Wildman–Crippen LogP) is 4.32. The quantitative estimate of drug-likeness (QED) is 0.481. The zero-order valence-corrected chi connectivity index (χ0v) is 21.1. The predicted molar refractivity (Wildman–Crippen MR) is 119 cm³/mol. The van der Waals surface area contributed by atoms with E-state index < -0.39 is 17.5 Å². The third kappa shape index (κ3) is 7.72. The van der Waals surface area contributed by atoms with Crippen molar-refractivity contribution < 1.29 is 8.85 Å². The van der Waals surface area contributed by atoms with Crippen molar-refractivity contribution in [2.75, 3.05) is 45.9 Å². The van der Waals surface area contributed by atoms with Crippen molar-refractivity contribution in [3.05, 3.63) is 0 Å².